The maximum absolute atomic E-state index is 13.1. The molecule has 0 unspecified atom stereocenters. The number of hydrogen-bond donors (Lipinski definition) is 2. The average molecular weight is 316 g/mol. The predicted octanol–water partition coefficient (Wildman–Crippen LogP) is 2.53. The lowest BCUT2D eigenvalue weighted by atomic mass is 10.3. The van der Waals surface area contributed by atoms with Gasteiger partial charge in [-0.3, -0.25) is 0 Å². The molecule has 5 nitrogen and oxygen atoms in total. The van der Waals surface area contributed by atoms with Crippen LogP contribution in [0.2, 0.25) is 5.02 Å². The van der Waals surface area contributed by atoms with Crippen LogP contribution in [0.15, 0.2) is 41.4 Å². The van der Waals surface area contributed by atoms with Crippen LogP contribution in [0.5, 0.6) is 0 Å². The lowest BCUT2D eigenvalue weighted by molar-refractivity contribution is 0.588. The first kappa shape index (κ1) is 14.7. The van der Waals surface area contributed by atoms with Gasteiger partial charge >= 0.3 is 0 Å². The molecular weight excluding hydrogens is 305 g/mol. The predicted molar refractivity (Wildman–Crippen MR) is 75.2 cm³/mol. The second-order valence-electron chi connectivity index (χ2n) is 3.81. The highest BCUT2D eigenvalue weighted by molar-refractivity contribution is 7.89. The first-order chi connectivity index (χ1) is 9.44. The molecule has 0 aliphatic rings. The monoisotopic (exact) mass is 315 g/mol. The smallest absolute Gasteiger partial charge is 0.243 e. The topological polar surface area (TPSA) is 71.1 Å². The number of halogens is 2. The quantitative estimate of drug-likeness (QED) is 0.909. The lowest BCUT2D eigenvalue weighted by Gasteiger charge is -2.11. The Morgan fingerprint density at radius 3 is 2.70 bits per heavy atom. The van der Waals surface area contributed by atoms with E-state index in [0.29, 0.717) is 5.69 Å². The van der Waals surface area contributed by atoms with Gasteiger partial charge in [0, 0.05) is 11.9 Å². The van der Waals surface area contributed by atoms with Gasteiger partial charge in [-0.15, -0.1) is 0 Å². The van der Waals surface area contributed by atoms with Gasteiger partial charge in [-0.2, -0.15) is 0 Å². The van der Waals surface area contributed by atoms with E-state index >= 15 is 0 Å². The van der Waals surface area contributed by atoms with E-state index < -0.39 is 15.8 Å². The van der Waals surface area contributed by atoms with E-state index in [9.17, 15) is 12.8 Å². The molecule has 2 rings (SSSR count). The minimum atomic E-state index is -3.65. The molecule has 0 radical (unpaired) electrons. The number of anilines is 2. The maximum atomic E-state index is 13.1. The van der Waals surface area contributed by atoms with Crippen LogP contribution in [-0.2, 0) is 10.0 Å². The standard InChI is InChI=1S/C12H11ClFN3O2S/c1-15-20(18,19)11-3-2-6-16-12(11)17-8-4-5-10(14)9(13)7-8/h2-7,15H,1H3,(H,16,17). The van der Waals surface area contributed by atoms with Crippen molar-refractivity contribution < 1.29 is 12.8 Å². The largest absolute Gasteiger partial charge is 0.339 e. The molecule has 1 aromatic carbocycles. The minimum Gasteiger partial charge on any atom is -0.339 e. The van der Waals surface area contributed by atoms with Crippen LogP contribution in [0.25, 0.3) is 0 Å². The van der Waals surface area contributed by atoms with Gasteiger partial charge in [0.2, 0.25) is 10.0 Å². The molecule has 0 amide bonds. The van der Waals surface area contributed by atoms with Gasteiger partial charge in [-0.1, -0.05) is 11.6 Å². The fourth-order valence-electron chi connectivity index (χ4n) is 1.52. The zero-order chi connectivity index (χ0) is 14.8. The molecule has 0 atom stereocenters. The highest BCUT2D eigenvalue weighted by atomic mass is 35.5. The summed E-state index contributed by atoms with van der Waals surface area (Å²) < 4.78 is 39.0. The first-order valence-corrected chi connectivity index (χ1v) is 7.41. The SMILES string of the molecule is CNS(=O)(=O)c1cccnc1Nc1ccc(F)c(Cl)c1. The molecule has 1 heterocycles. The third-order valence-corrected chi connectivity index (χ3v) is 4.25. The van der Waals surface area contributed by atoms with Gasteiger partial charge in [0.25, 0.3) is 0 Å². The van der Waals surface area contributed by atoms with Crippen LogP contribution in [0, 0.1) is 5.82 Å². The van der Waals surface area contributed by atoms with Crippen molar-refractivity contribution in [1.29, 1.82) is 0 Å². The molecule has 0 saturated heterocycles. The fourth-order valence-corrected chi connectivity index (χ4v) is 2.54. The van der Waals surface area contributed by atoms with E-state index in [1.54, 1.807) is 0 Å². The zero-order valence-electron chi connectivity index (χ0n) is 10.4. The van der Waals surface area contributed by atoms with Gasteiger partial charge in [0.1, 0.15) is 10.7 Å². The van der Waals surface area contributed by atoms with Crippen LogP contribution in [0.1, 0.15) is 0 Å². The molecule has 0 bridgehead atoms. The van der Waals surface area contributed by atoms with Crippen molar-refractivity contribution >= 4 is 33.1 Å². The zero-order valence-corrected chi connectivity index (χ0v) is 12.0. The van der Waals surface area contributed by atoms with Gasteiger partial charge in [-0.25, -0.2) is 22.5 Å². The van der Waals surface area contributed by atoms with Crippen molar-refractivity contribution in [3.63, 3.8) is 0 Å². The van der Waals surface area contributed by atoms with Gasteiger partial charge in [0.15, 0.2) is 5.82 Å². The summed E-state index contributed by atoms with van der Waals surface area (Å²) >= 11 is 5.67. The molecule has 0 saturated carbocycles. The van der Waals surface area contributed by atoms with Crippen molar-refractivity contribution in [1.82, 2.24) is 9.71 Å². The number of sulfonamides is 1. The van der Waals surface area contributed by atoms with Crippen LogP contribution < -0.4 is 10.0 Å². The number of nitrogens with zero attached hydrogens (tertiary/aromatic N) is 1. The molecule has 1 aromatic heterocycles. The van der Waals surface area contributed by atoms with Gasteiger partial charge in [0.05, 0.1) is 5.02 Å². The number of benzene rings is 1. The van der Waals surface area contributed by atoms with Crippen molar-refractivity contribution in [3.05, 3.63) is 47.4 Å². The van der Waals surface area contributed by atoms with Crippen molar-refractivity contribution in [2.75, 3.05) is 12.4 Å². The van der Waals surface area contributed by atoms with E-state index in [-0.39, 0.29) is 15.7 Å². The summed E-state index contributed by atoms with van der Waals surface area (Å²) in [5.41, 5.74) is 0.433. The van der Waals surface area contributed by atoms with E-state index in [4.69, 9.17) is 11.6 Å². The Bertz CT molecular complexity index is 737. The summed E-state index contributed by atoms with van der Waals surface area (Å²) in [5.74, 6) is -0.425. The summed E-state index contributed by atoms with van der Waals surface area (Å²) in [7, 11) is -2.34. The maximum Gasteiger partial charge on any atom is 0.243 e. The third-order valence-electron chi connectivity index (χ3n) is 2.51. The van der Waals surface area contributed by atoms with Gasteiger partial charge < -0.3 is 5.32 Å². The van der Waals surface area contributed by atoms with Crippen molar-refractivity contribution in [3.8, 4) is 0 Å². The second kappa shape index (κ2) is 5.74. The highest BCUT2D eigenvalue weighted by Crippen LogP contribution is 2.25. The van der Waals surface area contributed by atoms with E-state index in [1.165, 1.54) is 43.6 Å². The van der Waals surface area contributed by atoms with E-state index in [0.717, 1.165) is 0 Å². The number of hydrogen-bond acceptors (Lipinski definition) is 4. The summed E-state index contributed by atoms with van der Waals surface area (Å²) in [4.78, 5) is 3.96. The highest BCUT2D eigenvalue weighted by Gasteiger charge is 2.17. The normalized spacial score (nSPS) is 11.3. The number of pyridine rings is 1. The van der Waals surface area contributed by atoms with E-state index in [2.05, 4.69) is 15.0 Å². The number of aromatic nitrogens is 1. The molecule has 0 aliphatic heterocycles. The van der Waals surface area contributed by atoms with E-state index in [1.807, 2.05) is 0 Å². The molecular formula is C12H11ClFN3O2S. The Morgan fingerprint density at radius 1 is 1.30 bits per heavy atom. The molecule has 0 aliphatic carbocycles. The lowest BCUT2D eigenvalue weighted by Crippen LogP contribution is -2.20. The molecule has 0 spiro atoms. The Kier molecular flexibility index (Phi) is 4.22. The summed E-state index contributed by atoms with van der Waals surface area (Å²) in [6.07, 6.45) is 1.45. The van der Waals surface area contributed by atoms with Crippen molar-refractivity contribution in [2.45, 2.75) is 4.90 Å². The molecule has 20 heavy (non-hydrogen) atoms. The number of rotatable bonds is 4. The molecule has 8 heteroatoms. The molecule has 2 N–H and O–H groups in total. The second-order valence-corrected chi connectivity index (χ2v) is 6.07. The summed E-state index contributed by atoms with van der Waals surface area (Å²) in [6.45, 7) is 0. The van der Waals surface area contributed by atoms with Crippen molar-refractivity contribution in [2.24, 2.45) is 0 Å². The summed E-state index contributed by atoms with van der Waals surface area (Å²) in [5, 5.41) is 2.73. The first-order valence-electron chi connectivity index (χ1n) is 5.54. The fraction of sp³-hybridized carbons (Fsp3) is 0.0833. The molecule has 106 valence electrons. The minimum absolute atomic E-state index is 0.0112. The average Bonchev–Trinajstić information content (AvgIpc) is 2.43. The van der Waals surface area contributed by atoms with Crippen LogP contribution in [0.3, 0.4) is 0 Å². The molecule has 0 fully saturated rings. The van der Waals surface area contributed by atoms with Crippen LogP contribution in [0.4, 0.5) is 15.9 Å². The van der Waals surface area contributed by atoms with Gasteiger partial charge in [-0.05, 0) is 37.4 Å². The number of nitrogens with one attached hydrogen (secondary N) is 2. The Morgan fingerprint density at radius 2 is 2.05 bits per heavy atom. The Labute approximate surface area is 120 Å². The van der Waals surface area contributed by atoms with Crippen LogP contribution >= 0.6 is 11.6 Å². The Hall–Kier alpha value is -1.70. The van der Waals surface area contributed by atoms with Crippen LogP contribution in [-0.4, -0.2) is 20.4 Å². The summed E-state index contributed by atoms with van der Waals surface area (Å²) in [6, 6.07) is 6.88. The Balaban J connectivity index is 2.42. The third kappa shape index (κ3) is 3.06. The molecule has 2 aromatic rings.